The average Bonchev–Trinajstić information content (AvgIpc) is 3.47. The van der Waals surface area contributed by atoms with E-state index in [1.54, 1.807) is 19.2 Å². The number of amides is 1. The van der Waals surface area contributed by atoms with E-state index in [4.69, 9.17) is 4.42 Å². The Morgan fingerprint density at radius 3 is 2.52 bits per heavy atom. The number of guanidine groups is 1. The number of hydrogen-bond donors (Lipinski definition) is 1. The van der Waals surface area contributed by atoms with Gasteiger partial charge in [-0.1, -0.05) is 30.3 Å². The summed E-state index contributed by atoms with van der Waals surface area (Å²) in [6.07, 6.45) is 5.34. The highest BCUT2D eigenvalue weighted by molar-refractivity contribution is 14.0. The maximum atomic E-state index is 12.4. The Morgan fingerprint density at radius 1 is 1.10 bits per heavy atom. The van der Waals surface area contributed by atoms with Crippen LogP contribution in [0, 0.1) is 0 Å². The van der Waals surface area contributed by atoms with E-state index in [0.29, 0.717) is 38.5 Å². The number of aromatic nitrogens is 2. The Hall–Kier alpha value is -2.82. The third kappa shape index (κ3) is 5.66. The fourth-order valence-electron chi connectivity index (χ4n) is 3.60. The highest BCUT2D eigenvalue weighted by Crippen LogP contribution is 2.10. The van der Waals surface area contributed by atoms with Crippen LogP contribution >= 0.6 is 24.0 Å². The van der Waals surface area contributed by atoms with Crippen molar-refractivity contribution in [3.05, 3.63) is 78.3 Å². The molecule has 31 heavy (non-hydrogen) atoms. The van der Waals surface area contributed by atoms with Crippen LogP contribution in [0.2, 0.25) is 0 Å². The monoisotopic (exact) mass is 534 g/mol. The van der Waals surface area contributed by atoms with Crippen LogP contribution in [0.1, 0.15) is 21.9 Å². The maximum Gasteiger partial charge on any atom is 0.289 e. The predicted molar refractivity (Wildman–Crippen MR) is 130 cm³/mol. The van der Waals surface area contributed by atoms with Crippen LogP contribution in [0.15, 0.2) is 70.5 Å². The molecule has 0 radical (unpaired) electrons. The van der Waals surface area contributed by atoms with Gasteiger partial charge in [-0.15, -0.1) is 24.0 Å². The predicted octanol–water partition coefficient (Wildman–Crippen LogP) is 2.68. The van der Waals surface area contributed by atoms with E-state index in [1.165, 1.54) is 11.8 Å². The van der Waals surface area contributed by atoms with Gasteiger partial charge in [0.1, 0.15) is 5.82 Å². The fourth-order valence-corrected chi connectivity index (χ4v) is 3.60. The average molecular weight is 534 g/mol. The van der Waals surface area contributed by atoms with E-state index in [2.05, 4.69) is 36.9 Å². The van der Waals surface area contributed by atoms with Gasteiger partial charge >= 0.3 is 0 Å². The Kier molecular flexibility index (Phi) is 8.10. The second-order valence-electron chi connectivity index (χ2n) is 7.11. The van der Waals surface area contributed by atoms with E-state index in [0.717, 1.165) is 18.3 Å². The lowest BCUT2D eigenvalue weighted by Gasteiger charge is -2.36. The molecule has 0 saturated carbocycles. The molecule has 1 aliphatic rings. The molecule has 1 aliphatic heterocycles. The number of benzene rings is 1. The minimum atomic E-state index is -0.0643. The van der Waals surface area contributed by atoms with Gasteiger partial charge in [-0.25, -0.2) is 4.98 Å². The van der Waals surface area contributed by atoms with Gasteiger partial charge in [0.15, 0.2) is 11.7 Å². The quantitative estimate of drug-likeness (QED) is 0.310. The molecule has 9 heteroatoms. The number of nitrogens with one attached hydrogen (secondary N) is 1. The Bertz CT molecular complexity index is 979. The van der Waals surface area contributed by atoms with Crippen molar-refractivity contribution in [1.82, 2.24) is 24.7 Å². The molecule has 8 nitrogen and oxygen atoms in total. The molecule has 4 rings (SSSR count). The molecule has 1 N–H and O–H groups in total. The summed E-state index contributed by atoms with van der Waals surface area (Å²) in [5.74, 6) is 2.09. The second-order valence-corrected chi connectivity index (χ2v) is 7.11. The number of carbonyl (C=O) groups is 1. The van der Waals surface area contributed by atoms with Crippen LogP contribution in [0.4, 0.5) is 0 Å². The van der Waals surface area contributed by atoms with E-state index >= 15 is 0 Å². The van der Waals surface area contributed by atoms with Gasteiger partial charge in [-0.3, -0.25) is 9.79 Å². The lowest BCUT2D eigenvalue weighted by atomic mass is 10.2. The van der Waals surface area contributed by atoms with Crippen LogP contribution in [-0.4, -0.2) is 64.4 Å². The summed E-state index contributed by atoms with van der Waals surface area (Å²) in [6, 6.07) is 13.8. The molecule has 1 amide bonds. The van der Waals surface area contributed by atoms with Crippen LogP contribution in [0.5, 0.6) is 0 Å². The number of halogens is 1. The SMILES string of the molecule is CN=C(NCc1nccn1Cc1ccccc1)N1CCN(C(=O)c2ccco2)CC1.I. The summed E-state index contributed by atoms with van der Waals surface area (Å²) in [4.78, 5) is 25.3. The summed E-state index contributed by atoms with van der Waals surface area (Å²) in [6.45, 7) is 4.04. The molecule has 0 aliphatic carbocycles. The topological polar surface area (TPSA) is 78.9 Å². The molecule has 0 atom stereocenters. The highest BCUT2D eigenvalue weighted by atomic mass is 127. The third-order valence-corrected chi connectivity index (χ3v) is 5.21. The van der Waals surface area contributed by atoms with Crippen molar-refractivity contribution in [3.8, 4) is 0 Å². The van der Waals surface area contributed by atoms with E-state index in [-0.39, 0.29) is 29.9 Å². The number of aliphatic imine (C=N–C) groups is 1. The van der Waals surface area contributed by atoms with Crippen molar-refractivity contribution >= 4 is 35.8 Å². The Morgan fingerprint density at radius 2 is 1.84 bits per heavy atom. The molecule has 2 aromatic heterocycles. The number of piperazine rings is 1. The molecular formula is C22H27IN6O2. The van der Waals surface area contributed by atoms with Gasteiger partial charge in [-0.05, 0) is 17.7 Å². The fraction of sp³-hybridized carbons (Fsp3) is 0.318. The van der Waals surface area contributed by atoms with E-state index in [1.807, 2.05) is 35.5 Å². The van der Waals surface area contributed by atoms with Gasteiger partial charge in [0.25, 0.3) is 5.91 Å². The lowest BCUT2D eigenvalue weighted by molar-refractivity contribution is 0.0657. The second kappa shape index (κ2) is 11.0. The highest BCUT2D eigenvalue weighted by Gasteiger charge is 2.25. The molecule has 164 valence electrons. The van der Waals surface area contributed by atoms with E-state index < -0.39 is 0 Å². The number of carbonyl (C=O) groups excluding carboxylic acids is 1. The van der Waals surface area contributed by atoms with Gasteiger partial charge in [0.2, 0.25) is 0 Å². The first-order chi connectivity index (χ1) is 14.7. The molecule has 1 aromatic carbocycles. The van der Waals surface area contributed by atoms with Gasteiger partial charge in [0, 0.05) is 52.2 Å². The van der Waals surface area contributed by atoms with Crippen molar-refractivity contribution in [2.24, 2.45) is 4.99 Å². The zero-order valence-electron chi connectivity index (χ0n) is 17.5. The van der Waals surface area contributed by atoms with Crippen LogP contribution < -0.4 is 5.32 Å². The van der Waals surface area contributed by atoms with Crippen molar-refractivity contribution < 1.29 is 9.21 Å². The van der Waals surface area contributed by atoms with Crippen molar-refractivity contribution in [2.75, 3.05) is 33.2 Å². The first-order valence-corrected chi connectivity index (χ1v) is 10.1. The molecule has 3 heterocycles. The third-order valence-electron chi connectivity index (χ3n) is 5.21. The van der Waals surface area contributed by atoms with Crippen LogP contribution in [-0.2, 0) is 13.1 Å². The number of rotatable bonds is 5. The van der Waals surface area contributed by atoms with E-state index in [9.17, 15) is 4.79 Å². The lowest BCUT2D eigenvalue weighted by Crippen LogP contribution is -2.53. The summed E-state index contributed by atoms with van der Waals surface area (Å²) in [5.41, 5.74) is 1.23. The zero-order chi connectivity index (χ0) is 20.8. The van der Waals surface area contributed by atoms with Crippen molar-refractivity contribution in [3.63, 3.8) is 0 Å². The first kappa shape index (κ1) is 22.9. The van der Waals surface area contributed by atoms with Crippen molar-refractivity contribution in [2.45, 2.75) is 13.1 Å². The standard InChI is InChI=1S/C22H26N6O2.HI/c1-23-22(27-13-11-26(12-14-27)21(29)19-8-5-15-30-19)25-16-20-24-9-10-28(20)17-18-6-3-2-4-7-18;/h2-10,15H,11-14,16-17H2,1H3,(H,23,25);1H. The smallest absolute Gasteiger partial charge is 0.289 e. The molecule has 0 unspecified atom stereocenters. The van der Waals surface area contributed by atoms with Gasteiger partial charge in [0.05, 0.1) is 12.8 Å². The number of imidazole rings is 1. The normalized spacial score (nSPS) is 14.3. The summed E-state index contributed by atoms with van der Waals surface area (Å²) in [5, 5.41) is 3.41. The van der Waals surface area contributed by atoms with Crippen LogP contribution in [0.3, 0.4) is 0 Å². The summed E-state index contributed by atoms with van der Waals surface area (Å²) < 4.78 is 7.36. The van der Waals surface area contributed by atoms with Gasteiger partial charge < -0.3 is 24.1 Å². The van der Waals surface area contributed by atoms with Gasteiger partial charge in [-0.2, -0.15) is 0 Å². The largest absolute Gasteiger partial charge is 0.459 e. The minimum absolute atomic E-state index is 0. The number of nitrogens with zero attached hydrogens (tertiary/aromatic N) is 5. The molecular weight excluding hydrogens is 507 g/mol. The first-order valence-electron chi connectivity index (χ1n) is 10.1. The van der Waals surface area contributed by atoms with Crippen molar-refractivity contribution in [1.29, 1.82) is 0 Å². The number of hydrogen-bond acceptors (Lipinski definition) is 4. The number of furan rings is 1. The maximum absolute atomic E-state index is 12.4. The molecule has 1 fully saturated rings. The van der Waals surface area contributed by atoms with Crippen LogP contribution in [0.25, 0.3) is 0 Å². The molecule has 3 aromatic rings. The molecule has 0 bridgehead atoms. The molecule has 1 saturated heterocycles. The minimum Gasteiger partial charge on any atom is -0.459 e. The summed E-state index contributed by atoms with van der Waals surface area (Å²) >= 11 is 0. The Balaban J connectivity index is 0.00000272. The Labute approximate surface area is 199 Å². The molecule has 0 spiro atoms. The zero-order valence-corrected chi connectivity index (χ0v) is 19.8. The summed E-state index contributed by atoms with van der Waals surface area (Å²) in [7, 11) is 1.78.